The Kier molecular flexibility index (Phi) is 7.45. The molecule has 0 saturated heterocycles. The lowest BCUT2D eigenvalue weighted by Gasteiger charge is -2.27. The van der Waals surface area contributed by atoms with Crippen LogP contribution in [0.25, 0.3) is 21.9 Å². The summed E-state index contributed by atoms with van der Waals surface area (Å²) in [6.07, 6.45) is -0.415. The van der Waals surface area contributed by atoms with E-state index in [1.807, 2.05) is 48.5 Å². The van der Waals surface area contributed by atoms with Gasteiger partial charge in [-0.15, -0.1) is 0 Å². The summed E-state index contributed by atoms with van der Waals surface area (Å²) in [5.74, 6) is -1.77. The molecule has 0 spiro atoms. The second-order valence-corrected chi connectivity index (χ2v) is 8.68. The summed E-state index contributed by atoms with van der Waals surface area (Å²) in [5.41, 5.74) is 2.28. The van der Waals surface area contributed by atoms with Gasteiger partial charge < -0.3 is 9.52 Å². The van der Waals surface area contributed by atoms with Gasteiger partial charge in [-0.2, -0.15) is 0 Å². The number of nitrogens with zero attached hydrogens (tertiary/aromatic N) is 2. The lowest BCUT2D eigenvalue weighted by atomic mass is 10.1. The number of hydroxylamine groups is 2. The molecule has 2 atom stereocenters. The van der Waals surface area contributed by atoms with Gasteiger partial charge in [-0.3, -0.25) is 18.5 Å². The number of furan rings is 1. The molecule has 0 aliphatic carbocycles. The van der Waals surface area contributed by atoms with Crippen LogP contribution in [0.5, 0.6) is 0 Å². The molecule has 0 saturated carbocycles. The topological polar surface area (TPSA) is 121 Å². The number of amides is 1. The molecule has 0 fully saturated rings. The molecule has 4 aromatic rings. The number of para-hydroxylation sites is 1. The first-order valence-corrected chi connectivity index (χ1v) is 11.9. The number of carbonyl (C=O) groups excluding carboxylic acids is 1. The number of carboxylic acids is 1. The lowest BCUT2D eigenvalue weighted by molar-refractivity contribution is -0.179. The maximum atomic E-state index is 12.8. The summed E-state index contributed by atoms with van der Waals surface area (Å²) in [5, 5.41) is 12.5. The Bertz CT molecular complexity index is 1370. The first-order valence-electron chi connectivity index (χ1n) is 10.8. The summed E-state index contributed by atoms with van der Waals surface area (Å²) in [6.45, 7) is 0.188. The number of carbonyl (C=O) groups is 2. The van der Waals surface area contributed by atoms with Crippen molar-refractivity contribution in [3.63, 3.8) is 0 Å². The number of rotatable bonds is 10. The Morgan fingerprint density at radius 1 is 1.00 bits per heavy atom. The quantitative estimate of drug-likeness (QED) is 0.247. The Hall–Kier alpha value is -3.73. The van der Waals surface area contributed by atoms with E-state index in [0.717, 1.165) is 20.3 Å². The summed E-state index contributed by atoms with van der Waals surface area (Å²) >= 11 is -2.66. The Balaban J connectivity index is 1.57. The van der Waals surface area contributed by atoms with Crippen molar-refractivity contribution in [3.05, 3.63) is 78.4 Å². The number of fused-ring (bicyclic) bond motifs is 3. The fraction of sp³-hybridized carbons (Fsp3) is 0.200. The van der Waals surface area contributed by atoms with E-state index in [9.17, 15) is 23.5 Å². The van der Waals surface area contributed by atoms with E-state index >= 15 is 0 Å². The lowest BCUT2D eigenvalue weighted by Crippen LogP contribution is -2.43. The third kappa shape index (κ3) is 5.35. The SMILES string of the molecule is CON(Cc1ccccc1)C(=O)CCC(C(=O)O)N(c1ccc2oc3ccccc3c2c1)S(=O)O. The van der Waals surface area contributed by atoms with Crippen LogP contribution in [0.1, 0.15) is 18.4 Å². The Morgan fingerprint density at radius 2 is 1.69 bits per heavy atom. The van der Waals surface area contributed by atoms with Crippen LogP contribution in [0.4, 0.5) is 5.69 Å². The number of hydrogen-bond acceptors (Lipinski definition) is 5. The molecule has 2 unspecified atom stereocenters. The predicted molar refractivity (Wildman–Crippen MR) is 132 cm³/mol. The highest BCUT2D eigenvalue weighted by molar-refractivity contribution is 7.80. The molecule has 3 aromatic carbocycles. The second-order valence-electron chi connectivity index (χ2n) is 7.83. The molecule has 0 bridgehead atoms. The minimum atomic E-state index is -2.66. The summed E-state index contributed by atoms with van der Waals surface area (Å²) in [4.78, 5) is 30.1. The Labute approximate surface area is 203 Å². The van der Waals surface area contributed by atoms with Crippen molar-refractivity contribution in [2.75, 3.05) is 11.4 Å². The number of anilines is 1. The van der Waals surface area contributed by atoms with Crippen molar-refractivity contribution >= 4 is 50.8 Å². The first-order chi connectivity index (χ1) is 16.9. The summed E-state index contributed by atoms with van der Waals surface area (Å²) < 4.78 is 29.0. The average Bonchev–Trinajstić information content (AvgIpc) is 3.23. The van der Waals surface area contributed by atoms with E-state index in [-0.39, 0.29) is 25.1 Å². The van der Waals surface area contributed by atoms with Gasteiger partial charge in [0.25, 0.3) is 11.3 Å². The van der Waals surface area contributed by atoms with Crippen molar-refractivity contribution in [1.29, 1.82) is 0 Å². The van der Waals surface area contributed by atoms with Crippen LogP contribution in [0.3, 0.4) is 0 Å². The minimum absolute atomic E-state index is 0.188. The van der Waals surface area contributed by atoms with Crippen molar-refractivity contribution in [1.82, 2.24) is 5.06 Å². The van der Waals surface area contributed by atoms with Gasteiger partial charge in [0, 0.05) is 17.2 Å². The van der Waals surface area contributed by atoms with Crippen LogP contribution in [0.2, 0.25) is 0 Å². The van der Waals surface area contributed by atoms with E-state index in [2.05, 4.69) is 0 Å². The summed E-state index contributed by atoms with van der Waals surface area (Å²) in [6, 6.07) is 19.9. The molecular weight excluding hydrogens is 472 g/mol. The van der Waals surface area contributed by atoms with Gasteiger partial charge in [0.2, 0.25) is 5.91 Å². The van der Waals surface area contributed by atoms with E-state index in [1.54, 1.807) is 18.2 Å². The molecule has 0 aliphatic heterocycles. The molecule has 1 amide bonds. The smallest absolute Gasteiger partial charge is 0.327 e. The highest BCUT2D eigenvalue weighted by Crippen LogP contribution is 2.33. The molecule has 0 radical (unpaired) electrons. The van der Waals surface area contributed by atoms with Gasteiger partial charge >= 0.3 is 5.97 Å². The predicted octanol–water partition coefficient (Wildman–Crippen LogP) is 4.35. The van der Waals surface area contributed by atoms with Gasteiger partial charge in [-0.05, 0) is 36.2 Å². The van der Waals surface area contributed by atoms with Crippen molar-refractivity contribution in [2.45, 2.75) is 25.4 Å². The number of carboxylic acid groups (broad SMARTS) is 1. The van der Waals surface area contributed by atoms with E-state index in [1.165, 1.54) is 13.2 Å². The maximum Gasteiger partial charge on any atom is 0.327 e. The highest BCUT2D eigenvalue weighted by Gasteiger charge is 2.32. The molecular formula is C25H24N2O7S. The van der Waals surface area contributed by atoms with Crippen LogP contribution in [0, 0.1) is 0 Å². The van der Waals surface area contributed by atoms with E-state index < -0.39 is 29.2 Å². The number of benzene rings is 3. The van der Waals surface area contributed by atoms with Crippen LogP contribution >= 0.6 is 0 Å². The zero-order chi connectivity index (χ0) is 24.9. The fourth-order valence-electron chi connectivity index (χ4n) is 3.96. The summed E-state index contributed by atoms with van der Waals surface area (Å²) in [7, 11) is 1.36. The molecule has 35 heavy (non-hydrogen) atoms. The first kappa shape index (κ1) is 24.4. The zero-order valence-corrected chi connectivity index (χ0v) is 19.7. The normalized spacial score (nSPS) is 13.0. The van der Waals surface area contributed by atoms with E-state index in [0.29, 0.717) is 16.6 Å². The molecule has 9 nitrogen and oxygen atoms in total. The van der Waals surface area contributed by atoms with Gasteiger partial charge in [0.15, 0.2) is 0 Å². The Morgan fingerprint density at radius 3 is 2.37 bits per heavy atom. The van der Waals surface area contributed by atoms with Crippen molar-refractivity contribution in [2.24, 2.45) is 0 Å². The molecule has 4 rings (SSSR count). The van der Waals surface area contributed by atoms with Crippen molar-refractivity contribution < 1.29 is 32.7 Å². The van der Waals surface area contributed by atoms with Gasteiger partial charge in [-0.25, -0.2) is 14.1 Å². The standard InChI is InChI=1S/C25H24N2O7S/c1-33-26(16-17-7-3-2-4-8-17)24(28)14-12-21(25(29)30)27(35(31)32)18-11-13-23-20(15-18)19-9-5-6-10-22(19)34-23/h2-11,13,15,21H,12,14,16H2,1H3,(H,29,30)(H,31,32). The molecule has 10 heteroatoms. The number of aliphatic carboxylic acids is 1. The monoisotopic (exact) mass is 496 g/mol. The number of hydrogen-bond donors (Lipinski definition) is 2. The molecule has 1 heterocycles. The van der Waals surface area contributed by atoms with Gasteiger partial charge in [0.05, 0.1) is 19.3 Å². The average molecular weight is 497 g/mol. The van der Waals surface area contributed by atoms with E-state index in [4.69, 9.17) is 9.25 Å². The third-order valence-electron chi connectivity index (χ3n) is 5.65. The fourth-order valence-corrected chi connectivity index (χ4v) is 4.67. The van der Waals surface area contributed by atoms with Crippen LogP contribution in [-0.2, 0) is 32.2 Å². The van der Waals surface area contributed by atoms with Crippen LogP contribution in [0.15, 0.2) is 77.2 Å². The molecule has 0 aliphatic rings. The third-order valence-corrected chi connectivity index (χ3v) is 6.45. The van der Waals surface area contributed by atoms with Gasteiger partial charge in [0.1, 0.15) is 17.2 Å². The van der Waals surface area contributed by atoms with Crippen LogP contribution in [-0.4, -0.2) is 44.0 Å². The zero-order valence-electron chi connectivity index (χ0n) is 18.9. The largest absolute Gasteiger partial charge is 0.480 e. The molecule has 2 N–H and O–H groups in total. The minimum Gasteiger partial charge on any atom is -0.480 e. The molecule has 1 aromatic heterocycles. The van der Waals surface area contributed by atoms with Crippen LogP contribution < -0.4 is 4.31 Å². The molecule has 182 valence electrons. The second kappa shape index (κ2) is 10.7. The van der Waals surface area contributed by atoms with Crippen molar-refractivity contribution in [3.8, 4) is 0 Å². The highest BCUT2D eigenvalue weighted by atomic mass is 32.2. The van der Waals surface area contributed by atoms with Gasteiger partial charge in [-0.1, -0.05) is 48.5 Å². The maximum absolute atomic E-state index is 12.8.